The Bertz CT molecular complexity index is 2990. The highest BCUT2D eigenvalue weighted by Crippen LogP contribution is 2.34. The maximum absolute atomic E-state index is 15.5. The monoisotopic (exact) mass is 1020 g/mol. The smallest absolute Gasteiger partial charge is 0.266 e. The minimum Gasteiger partial charge on any atom is -0.483 e. The number of sulfonamides is 1. The van der Waals surface area contributed by atoms with Gasteiger partial charge in [-0.25, -0.2) is 22.2 Å². The number of pyridine rings is 1. The van der Waals surface area contributed by atoms with Crippen LogP contribution < -0.4 is 25.4 Å². The molecule has 380 valence electrons. The van der Waals surface area contributed by atoms with Gasteiger partial charge in [0, 0.05) is 67.2 Å². The van der Waals surface area contributed by atoms with Gasteiger partial charge in [0.05, 0.1) is 54.6 Å². The number of nitrogens with one attached hydrogen (secondary N) is 5. The molecule has 23 heteroatoms. The lowest BCUT2D eigenvalue weighted by atomic mass is 9.99. The van der Waals surface area contributed by atoms with Gasteiger partial charge in [-0.15, -0.1) is 0 Å². The van der Waals surface area contributed by atoms with Gasteiger partial charge < -0.3 is 34.6 Å². The van der Waals surface area contributed by atoms with Crippen LogP contribution in [-0.4, -0.2) is 136 Å². The zero-order chi connectivity index (χ0) is 51.4. The number of rotatable bonds is 26. The SMILES string of the molecule is CCCS(=O)(=O)Nc1ccc(F)c(C(=O)c2c[nH]c3ncc(-c4ccc(C(=O)NCCCOCCOCCOCCCNC(=O)COc5cccc6c5C(=O)N(C5CCC(=O)NC5=O)C6=O)cc4)cc23)c1F. The summed E-state index contributed by atoms with van der Waals surface area (Å²) in [4.78, 5) is 96.9. The Balaban J connectivity index is 0.733. The average Bonchev–Trinajstić information content (AvgIpc) is 3.90. The third kappa shape index (κ3) is 12.7. The van der Waals surface area contributed by atoms with E-state index in [4.69, 9.17) is 18.9 Å². The lowest BCUT2D eigenvalue weighted by Crippen LogP contribution is -2.54. The van der Waals surface area contributed by atoms with Crippen LogP contribution in [0.4, 0.5) is 14.5 Å². The van der Waals surface area contributed by atoms with Crippen molar-refractivity contribution in [2.75, 3.05) is 69.8 Å². The molecule has 72 heavy (non-hydrogen) atoms. The molecule has 0 saturated carbocycles. The van der Waals surface area contributed by atoms with Crippen molar-refractivity contribution in [2.45, 2.75) is 45.1 Å². The number of aromatic amines is 1. The molecule has 1 unspecified atom stereocenters. The number of fused-ring (bicyclic) bond motifs is 2. The highest BCUT2D eigenvalue weighted by Gasteiger charge is 2.46. The first-order valence-electron chi connectivity index (χ1n) is 23.0. The quantitative estimate of drug-likeness (QED) is 0.0297. The van der Waals surface area contributed by atoms with Crippen LogP contribution in [0.5, 0.6) is 5.75 Å². The highest BCUT2D eigenvalue weighted by molar-refractivity contribution is 7.92. The second kappa shape index (κ2) is 24.1. The molecule has 0 aliphatic carbocycles. The lowest BCUT2D eigenvalue weighted by molar-refractivity contribution is -0.136. The topological polar surface area (TPSA) is 271 Å². The molecule has 1 saturated heterocycles. The summed E-state index contributed by atoms with van der Waals surface area (Å²) in [5.41, 5.74) is 0.341. The molecular formula is C49H51F2N7O13S. The van der Waals surface area contributed by atoms with Crippen LogP contribution in [0, 0.1) is 11.6 Å². The van der Waals surface area contributed by atoms with Gasteiger partial charge in [0.2, 0.25) is 27.6 Å². The molecule has 0 spiro atoms. The third-order valence-corrected chi connectivity index (χ3v) is 12.9. The predicted octanol–water partition coefficient (Wildman–Crippen LogP) is 4.05. The molecule has 0 radical (unpaired) electrons. The summed E-state index contributed by atoms with van der Waals surface area (Å²) in [7, 11) is -3.92. The van der Waals surface area contributed by atoms with E-state index in [2.05, 4.69) is 30.6 Å². The van der Waals surface area contributed by atoms with E-state index in [0.29, 0.717) is 82.3 Å². The summed E-state index contributed by atoms with van der Waals surface area (Å²) in [6.07, 6.45) is 4.14. The number of imide groups is 2. The number of ketones is 1. The van der Waals surface area contributed by atoms with Gasteiger partial charge in [0.15, 0.2) is 12.4 Å². The van der Waals surface area contributed by atoms with Crippen LogP contribution in [0.1, 0.15) is 86.0 Å². The van der Waals surface area contributed by atoms with Gasteiger partial charge in [0.25, 0.3) is 23.6 Å². The molecule has 7 rings (SSSR count). The van der Waals surface area contributed by atoms with Crippen molar-refractivity contribution < 1.29 is 69.7 Å². The summed E-state index contributed by atoms with van der Waals surface area (Å²) in [6, 6.07) is 13.3. The Labute approximate surface area is 411 Å². The average molecular weight is 1020 g/mol. The molecule has 2 aliphatic rings. The van der Waals surface area contributed by atoms with Gasteiger partial charge in [-0.2, -0.15) is 0 Å². The van der Waals surface area contributed by atoms with Crippen molar-refractivity contribution in [1.29, 1.82) is 0 Å². The molecule has 5 aromatic rings. The molecule has 1 fully saturated rings. The number of halogens is 2. The van der Waals surface area contributed by atoms with E-state index >= 15 is 4.39 Å². The largest absolute Gasteiger partial charge is 0.483 e. The first kappa shape index (κ1) is 52.4. The van der Waals surface area contributed by atoms with Crippen molar-refractivity contribution in [2.24, 2.45) is 0 Å². The number of anilines is 1. The molecule has 2 aliphatic heterocycles. The number of aromatic nitrogens is 2. The fraction of sp³-hybridized carbons (Fsp3) is 0.347. The molecule has 20 nitrogen and oxygen atoms in total. The van der Waals surface area contributed by atoms with Gasteiger partial charge in [0.1, 0.15) is 23.3 Å². The number of piperidine rings is 1. The first-order chi connectivity index (χ1) is 34.7. The van der Waals surface area contributed by atoms with Crippen LogP contribution in [0.2, 0.25) is 0 Å². The second-order valence-corrected chi connectivity index (χ2v) is 18.3. The normalized spacial score (nSPS) is 14.6. The van der Waals surface area contributed by atoms with Crippen molar-refractivity contribution in [1.82, 2.24) is 30.8 Å². The summed E-state index contributed by atoms with van der Waals surface area (Å²) in [5.74, 6) is -7.15. The number of amides is 6. The van der Waals surface area contributed by atoms with Crippen LogP contribution >= 0.6 is 0 Å². The molecule has 5 N–H and O–H groups in total. The number of ether oxygens (including phenoxy) is 4. The number of nitrogens with zero attached hydrogens (tertiary/aromatic N) is 2. The molecule has 6 amide bonds. The molecule has 3 aromatic carbocycles. The van der Waals surface area contributed by atoms with Gasteiger partial charge in [-0.05, 0) is 73.7 Å². The zero-order valence-corrected chi connectivity index (χ0v) is 39.8. The number of hydrogen-bond acceptors (Lipinski definition) is 14. The molecule has 4 heterocycles. The number of hydrogen-bond donors (Lipinski definition) is 5. The Hall–Kier alpha value is -7.47. The fourth-order valence-electron chi connectivity index (χ4n) is 7.85. The summed E-state index contributed by atoms with van der Waals surface area (Å²) >= 11 is 0. The Morgan fingerprint density at radius 2 is 1.54 bits per heavy atom. The van der Waals surface area contributed by atoms with E-state index in [1.807, 2.05) is 0 Å². The van der Waals surface area contributed by atoms with Crippen LogP contribution in [-0.2, 0) is 38.6 Å². The number of carbonyl (C=O) groups is 7. The molecule has 1 atom stereocenters. The van der Waals surface area contributed by atoms with Crippen molar-refractivity contribution in [3.63, 3.8) is 0 Å². The standard InChI is InChI=1S/C49H51F2N7O13S/c1-2-24-72(66,67)57-36-13-12-35(50)42(43(36)51)44(61)34-27-55-45-33(34)25-31(26-54-45)29-8-10-30(11-9-29)46(62)53-17-5-19-69-21-23-70-22-20-68-18-4-16-52-40(60)28-71-38-7-3-6-32-41(38)49(65)58(48(32)64)37-14-15-39(59)56-47(37)63/h3,6-13,25-27,37,57H,2,4-5,14-24,28H2,1H3,(H,52,60)(H,53,62)(H,54,55)(H,56,59,63). The summed E-state index contributed by atoms with van der Waals surface area (Å²) in [5, 5.41) is 7.95. The molecular weight excluding hydrogens is 965 g/mol. The van der Waals surface area contributed by atoms with E-state index in [0.717, 1.165) is 17.0 Å². The predicted molar refractivity (Wildman–Crippen MR) is 255 cm³/mol. The van der Waals surface area contributed by atoms with Gasteiger partial charge in [-0.1, -0.05) is 25.1 Å². The maximum Gasteiger partial charge on any atom is 0.266 e. The van der Waals surface area contributed by atoms with E-state index < -0.39 is 80.9 Å². The third-order valence-electron chi connectivity index (χ3n) is 11.4. The maximum atomic E-state index is 15.5. The Morgan fingerprint density at radius 3 is 2.24 bits per heavy atom. The number of benzene rings is 3. The van der Waals surface area contributed by atoms with Crippen molar-refractivity contribution >= 4 is 68.0 Å². The van der Waals surface area contributed by atoms with Crippen LogP contribution in [0.25, 0.3) is 22.2 Å². The summed E-state index contributed by atoms with van der Waals surface area (Å²) in [6.45, 7) is 3.90. The van der Waals surface area contributed by atoms with E-state index in [9.17, 15) is 46.4 Å². The Kier molecular flexibility index (Phi) is 17.5. The minimum absolute atomic E-state index is 0.00876. The number of carbonyl (C=O) groups excluding carboxylic acids is 7. The first-order valence-corrected chi connectivity index (χ1v) is 24.7. The zero-order valence-electron chi connectivity index (χ0n) is 39.0. The second-order valence-electron chi connectivity index (χ2n) is 16.5. The van der Waals surface area contributed by atoms with Crippen molar-refractivity contribution in [3.8, 4) is 16.9 Å². The van der Waals surface area contributed by atoms with E-state index in [1.54, 1.807) is 43.5 Å². The van der Waals surface area contributed by atoms with E-state index in [1.165, 1.54) is 24.4 Å². The summed E-state index contributed by atoms with van der Waals surface area (Å²) < 4.78 is 79.2. The van der Waals surface area contributed by atoms with Crippen molar-refractivity contribution in [3.05, 3.63) is 113 Å². The van der Waals surface area contributed by atoms with Gasteiger partial charge in [-0.3, -0.25) is 48.5 Å². The highest BCUT2D eigenvalue weighted by atomic mass is 32.2. The molecule has 0 bridgehead atoms. The fourth-order valence-corrected chi connectivity index (χ4v) is 8.98. The van der Waals surface area contributed by atoms with E-state index in [-0.39, 0.29) is 64.4 Å². The Morgan fingerprint density at radius 1 is 0.847 bits per heavy atom. The minimum atomic E-state index is -3.92. The number of H-pyrrole nitrogens is 1. The molecule has 2 aromatic heterocycles. The van der Waals surface area contributed by atoms with Crippen LogP contribution in [0.15, 0.2) is 73.1 Å². The lowest BCUT2D eigenvalue weighted by Gasteiger charge is -2.27. The van der Waals surface area contributed by atoms with Crippen LogP contribution in [0.3, 0.4) is 0 Å². The van der Waals surface area contributed by atoms with Gasteiger partial charge >= 0.3 is 0 Å².